The number of rotatable bonds is 9. The van der Waals surface area contributed by atoms with Crippen LogP contribution in [0.5, 0.6) is 11.5 Å². The Bertz CT molecular complexity index is 807. The van der Waals surface area contributed by atoms with E-state index in [-0.39, 0.29) is 24.1 Å². The van der Waals surface area contributed by atoms with E-state index in [9.17, 15) is 9.59 Å². The molecule has 2 aromatic carbocycles. The van der Waals surface area contributed by atoms with Crippen molar-refractivity contribution in [3.05, 3.63) is 59.2 Å². The van der Waals surface area contributed by atoms with E-state index in [0.717, 1.165) is 12.0 Å². The number of carbonyl (C=O) groups is 2. The van der Waals surface area contributed by atoms with Crippen LogP contribution in [-0.4, -0.2) is 32.7 Å². The van der Waals surface area contributed by atoms with Crippen LogP contribution in [0.1, 0.15) is 48.3 Å². The largest absolute Gasteiger partial charge is 0.497 e. The van der Waals surface area contributed by atoms with Crippen molar-refractivity contribution >= 4 is 11.9 Å². The molecule has 0 saturated carbocycles. The van der Waals surface area contributed by atoms with E-state index in [1.54, 1.807) is 6.07 Å². The second-order valence-electron chi connectivity index (χ2n) is 7.31. The molecule has 0 radical (unpaired) electrons. The Morgan fingerprint density at radius 1 is 0.931 bits per heavy atom. The predicted molar refractivity (Wildman–Crippen MR) is 111 cm³/mol. The van der Waals surface area contributed by atoms with Gasteiger partial charge in [-0.1, -0.05) is 38.1 Å². The first-order valence-corrected chi connectivity index (χ1v) is 9.60. The van der Waals surface area contributed by atoms with E-state index in [4.69, 9.17) is 14.2 Å². The Morgan fingerprint density at radius 2 is 1.52 bits per heavy atom. The molecule has 0 bridgehead atoms. The maximum Gasteiger partial charge on any atom is 0.338 e. The summed E-state index contributed by atoms with van der Waals surface area (Å²) >= 11 is 0. The molecule has 0 aliphatic rings. The van der Waals surface area contributed by atoms with Gasteiger partial charge in [0.15, 0.2) is 6.61 Å². The molecule has 0 aliphatic carbocycles. The van der Waals surface area contributed by atoms with E-state index < -0.39 is 5.97 Å². The molecule has 0 unspecified atom stereocenters. The van der Waals surface area contributed by atoms with Gasteiger partial charge in [0.25, 0.3) is 5.91 Å². The number of nitrogens with one attached hydrogen (secondary N) is 1. The molecule has 0 aliphatic heterocycles. The number of benzene rings is 2. The van der Waals surface area contributed by atoms with Crippen LogP contribution in [0.3, 0.4) is 0 Å². The molecule has 0 heterocycles. The summed E-state index contributed by atoms with van der Waals surface area (Å²) in [7, 11) is 2.99. The molecule has 6 nitrogen and oxygen atoms in total. The van der Waals surface area contributed by atoms with E-state index in [1.807, 2.05) is 19.1 Å². The molecule has 0 fully saturated rings. The van der Waals surface area contributed by atoms with Gasteiger partial charge in [0, 0.05) is 6.07 Å². The standard InChI is InChI=1S/C23H29NO5/c1-15(2)10-17-6-8-18(9-7-17)16(3)24-22(25)14-29-23(26)19-11-20(27-4)13-21(12-19)28-5/h6-9,11-13,15-16H,10,14H2,1-5H3,(H,24,25)/t16-/m0/s1. The molecule has 29 heavy (non-hydrogen) atoms. The molecular formula is C23H29NO5. The minimum absolute atomic E-state index is 0.189. The third-order valence-corrected chi connectivity index (χ3v) is 4.42. The minimum atomic E-state index is -0.622. The van der Waals surface area contributed by atoms with Crippen LogP contribution in [-0.2, 0) is 16.0 Å². The molecule has 6 heteroatoms. The van der Waals surface area contributed by atoms with E-state index in [1.165, 1.54) is 31.9 Å². The SMILES string of the molecule is COc1cc(OC)cc(C(=O)OCC(=O)N[C@@H](C)c2ccc(CC(C)C)cc2)c1. The topological polar surface area (TPSA) is 73.9 Å². The fourth-order valence-corrected chi connectivity index (χ4v) is 2.92. The van der Waals surface area contributed by atoms with Crippen molar-refractivity contribution in [3.8, 4) is 11.5 Å². The van der Waals surface area contributed by atoms with Crippen LogP contribution >= 0.6 is 0 Å². The Balaban J connectivity index is 1.89. The monoisotopic (exact) mass is 399 g/mol. The number of hydrogen-bond acceptors (Lipinski definition) is 5. The molecule has 0 spiro atoms. The van der Waals surface area contributed by atoms with Gasteiger partial charge in [-0.2, -0.15) is 0 Å². The lowest BCUT2D eigenvalue weighted by Gasteiger charge is -2.15. The average molecular weight is 399 g/mol. The van der Waals surface area contributed by atoms with Crippen molar-refractivity contribution in [3.63, 3.8) is 0 Å². The molecule has 0 saturated heterocycles. The van der Waals surface area contributed by atoms with Crippen molar-refractivity contribution in [2.75, 3.05) is 20.8 Å². The highest BCUT2D eigenvalue weighted by Gasteiger charge is 2.15. The highest BCUT2D eigenvalue weighted by molar-refractivity contribution is 5.92. The second kappa shape index (κ2) is 10.5. The van der Waals surface area contributed by atoms with Gasteiger partial charge in [-0.05, 0) is 42.5 Å². The van der Waals surface area contributed by atoms with E-state index in [0.29, 0.717) is 17.4 Å². The smallest absolute Gasteiger partial charge is 0.338 e. The Kier molecular flexibility index (Phi) is 8.07. The van der Waals surface area contributed by atoms with Gasteiger partial charge in [-0.3, -0.25) is 4.79 Å². The quantitative estimate of drug-likeness (QED) is 0.647. The summed E-state index contributed by atoms with van der Waals surface area (Å²) < 4.78 is 15.4. The lowest BCUT2D eigenvalue weighted by molar-refractivity contribution is -0.124. The zero-order valence-electron chi connectivity index (χ0n) is 17.7. The van der Waals surface area contributed by atoms with Gasteiger partial charge in [0.2, 0.25) is 0 Å². The summed E-state index contributed by atoms with van der Waals surface area (Å²) in [5.74, 6) is 0.540. The summed E-state index contributed by atoms with van der Waals surface area (Å²) in [5.41, 5.74) is 2.52. The van der Waals surface area contributed by atoms with E-state index in [2.05, 4.69) is 31.3 Å². The zero-order valence-corrected chi connectivity index (χ0v) is 17.7. The van der Waals surface area contributed by atoms with Crippen molar-refractivity contribution in [1.29, 1.82) is 0 Å². The van der Waals surface area contributed by atoms with Crippen molar-refractivity contribution in [1.82, 2.24) is 5.32 Å². The number of methoxy groups -OCH3 is 2. The molecule has 1 amide bonds. The van der Waals surface area contributed by atoms with Crippen LogP contribution in [0.2, 0.25) is 0 Å². The van der Waals surface area contributed by atoms with Crippen molar-refractivity contribution in [2.24, 2.45) is 5.92 Å². The molecule has 2 aromatic rings. The fourth-order valence-electron chi connectivity index (χ4n) is 2.92. The van der Waals surface area contributed by atoms with Crippen LogP contribution in [0.15, 0.2) is 42.5 Å². The third kappa shape index (κ3) is 6.82. The summed E-state index contributed by atoms with van der Waals surface area (Å²) in [6, 6.07) is 12.7. The lowest BCUT2D eigenvalue weighted by Crippen LogP contribution is -2.31. The molecule has 156 valence electrons. The molecule has 1 N–H and O–H groups in total. The number of ether oxygens (including phenoxy) is 3. The number of esters is 1. The molecule has 2 rings (SSSR count). The van der Waals surface area contributed by atoms with Crippen LogP contribution in [0.4, 0.5) is 0 Å². The number of carbonyl (C=O) groups excluding carboxylic acids is 2. The van der Waals surface area contributed by atoms with Gasteiger partial charge in [0.05, 0.1) is 25.8 Å². The molecule has 1 atom stereocenters. The highest BCUT2D eigenvalue weighted by atomic mass is 16.5. The van der Waals surface area contributed by atoms with E-state index >= 15 is 0 Å². The van der Waals surface area contributed by atoms with Crippen LogP contribution in [0, 0.1) is 5.92 Å². The normalized spacial score (nSPS) is 11.7. The van der Waals surface area contributed by atoms with Crippen molar-refractivity contribution < 1.29 is 23.8 Å². The van der Waals surface area contributed by atoms with Crippen LogP contribution < -0.4 is 14.8 Å². The number of amides is 1. The summed E-state index contributed by atoms with van der Waals surface area (Å²) in [6.07, 6.45) is 1.02. The average Bonchev–Trinajstić information content (AvgIpc) is 2.71. The second-order valence-corrected chi connectivity index (χ2v) is 7.31. The minimum Gasteiger partial charge on any atom is -0.497 e. The van der Waals surface area contributed by atoms with Gasteiger partial charge in [-0.15, -0.1) is 0 Å². The third-order valence-electron chi connectivity index (χ3n) is 4.42. The van der Waals surface area contributed by atoms with Gasteiger partial charge >= 0.3 is 5.97 Å². The number of hydrogen-bond donors (Lipinski definition) is 1. The lowest BCUT2D eigenvalue weighted by atomic mass is 10.00. The Labute approximate surface area is 172 Å². The summed E-state index contributed by atoms with van der Waals surface area (Å²) in [4.78, 5) is 24.4. The summed E-state index contributed by atoms with van der Waals surface area (Å²) in [5, 5.41) is 2.84. The molecular weight excluding hydrogens is 370 g/mol. The maximum absolute atomic E-state index is 12.3. The zero-order chi connectivity index (χ0) is 21.4. The highest BCUT2D eigenvalue weighted by Crippen LogP contribution is 2.23. The maximum atomic E-state index is 12.3. The Hall–Kier alpha value is -3.02. The van der Waals surface area contributed by atoms with Crippen molar-refractivity contribution in [2.45, 2.75) is 33.2 Å². The van der Waals surface area contributed by atoms with Gasteiger partial charge in [-0.25, -0.2) is 4.79 Å². The first-order chi connectivity index (χ1) is 13.8. The first-order valence-electron chi connectivity index (χ1n) is 9.60. The molecule has 0 aromatic heterocycles. The van der Waals surface area contributed by atoms with Crippen LogP contribution in [0.25, 0.3) is 0 Å². The van der Waals surface area contributed by atoms with Gasteiger partial charge < -0.3 is 19.5 Å². The summed E-state index contributed by atoms with van der Waals surface area (Å²) in [6.45, 7) is 5.89. The Morgan fingerprint density at radius 3 is 2.03 bits per heavy atom. The fraction of sp³-hybridized carbons (Fsp3) is 0.391. The first kappa shape index (κ1) is 22.3. The predicted octanol–water partition coefficient (Wildman–Crippen LogP) is 3.94. The van der Waals surface area contributed by atoms with Gasteiger partial charge in [0.1, 0.15) is 11.5 Å².